The molecule has 8 rings (SSSR count). The highest BCUT2D eigenvalue weighted by Gasteiger charge is 2.69. The van der Waals surface area contributed by atoms with Gasteiger partial charge in [-0.1, -0.05) is 41.5 Å². The molecular formula is C66H120N6O7. The van der Waals surface area contributed by atoms with Crippen molar-refractivity contribution in [2.45, 2.75) is 232 Å². The summed E-state index contributed by atoms with van der Waals surface area (Å²) in [6, 6.07) is 0. The molecule has 8 aliphatic rings. The Kier molecular flexibility index (Phi) is 24.7. The predicted octanol–water partition coefficient (Wildman–Crippen LogP) is 9.83. The molecule has 456 valence electrons. The van der Waals surface area contributed by atoms with E-state index < -0.39 is 0 Å². The van der Waals surface area contributed by atoms with Gasteiger partial charge in [-0.15, -0.1) is 0 Å². The molecule has 8 saturated carbocycles. The second kappa shape index (κ2) is 30.2. The Morgan fingerprint density at radius 2 is 1.04 bits per heavy atom. The van der Waals surface area contributed by atoms with Gasteiger partial charge in [-0.3, -0.25) is 0 Å². The van der Waals surface area contributed by atoms with Gasteiger partial charge < -0.3 is 67.6 Å². The summed E-state index contributed by atoms with van der Waals surface area (Å²) < 4.78 is 47.7. The highest BCUT2D eigenvalue weighted by atomic mass is 16.5. The molecule has 0 aromatic heterocycles. The standard InChI is InChI=1S/C66H120N6O7/c1-45(51-17-19-53-61-55(43-59(65(51,53)5)78-37-13-29-71)63(3)23-21-49(74-33-9-25-67)39-47(63)41-57(61)76-35-11-27-69)15-7-31-73-32-8-16-46(2)52-18-20-54-62-56(44-60(66(52,54)6)79-38-14-30-72)64(4)24-22-50(75-34-10-26-68)40-48(64)42-58(62)77-36-12-28-70/h45-47,49-52,54,56-61H,7-44,67-72H2,1-6H3/t45-,46-,47+,49-,50-,51-,52-,54+,56+,57-,58-,59+,60+,61+,63+,64+,65-,66-/m1/s1. The monoisotopic (exact) mass is 1110 g/mol. The van der Waals surface area contributed by atoms with Crippen LogP contribution in [0.3, 0.4) is 0 Å². The maximum Gasteiger partial charge on any atom is 0.0649 e. The lowest BCUT2D eigenvalue weighted by Gasteiger charge is -2.64. The van der Waals surface area contributed by atoms with Gasteiger partial charge in [-0.05, 0) is 269 Å². The number of fused-ring (bicyclic) bond motifs is 10. The van der Waals surface area contributed by atoms with Crippen molar-refractivity contribution in [2.24, 2.45) is 103 Å². The maximum atomic E-state index is 7.14. The third-order valence-electron chi connectivity index (χ3n) is 23.5. The van der Waals surface area contributed by atoms with E-state index in [2.05, 4.69) is 41.5 Å². The SMILES string of the molecule is C[C@H](CCCOCCC[C@@H](C)[C@H]1CC[C@H]2[C]3[C@H](OCCCN)C[C]4C[C@H](OCCCN)CC[C@]4(C)[C@H]3C[C@H](OCCCN)[C@]12C)[C@H]1CC[C]2[C@H]3[C](C[C@H](OCCCN)[C@@]21C)[C@@]1(C)CC[C@@H](OCCCN)C[C@H]1C[C@H]3OCCCN. The van der Waals surface area contributed by atoms with Crippen LogP contribution < -0.4 is 34.4 Å². The van der Waals surface area contributed by atoms with Crippen LogP contribution >= 0.6 is 0 Å². The molecule has 13 heteroatoms. The fraction of sp³-hybridized carbons (Fsp3) is 0.939. The Morgan fingerprint density at radius 1 is 0.481 bits per heavy atom. The van der Waals surface area contributed by atoms with Crippen molar-refractivity contribution in [3.63, 3.8) is 0 Å². The van der Waals surface area contributed by atoms with Gasteiger partial charge in [0.05, 0.1) is 36.6 Å². The normalized spacial score (nSPS) is 39.6. The van der Waals surface area contributed by atoms with Crippen molar-refractivity contribution in [2.75, 3.05) is 92.1 Å². The molecule has 8 aliphatic carbocycles. The third-order valence-corrected chi connectivity index (χ3v) is 23.5. The van der Waals surface area contributed by atoms with Crippen LogP contribution in [0.25, 0.3) is 0 Å². The van der Waals surface area contributed by atoms with Crippen LogP contribution in [0, 0.1) is 92.7 Å². The van der Waals surface area contributed by atoms with Crippen LogP contribution in [0.15, 0.2) is 0 Å². The first kappa shape index (κ1) is 64.5. The first-order valence-corrected chi connectivity index (χ1v) is 33.2. The zero-order chi connectivity index (χ0) is 56.2. The molecule has 4 radical (unpaired) electrons. The number of hydrogen-bond donors (Lipinski definition) is 6. The number of nitrogens with two attached hydrogens (primary N) is 6. The first-order valence-electron chi connectivity index (χ1n) is 33.2. The minimum absolute atomic E-state index is 0.00346. The molecule has 0 unspecified atom stereocenters. The molecule has 0 aromatic rings. The zero-order valence-corrected chi connectivity index (χ0v) is 51.3. The molecule has 0 aliphatic heterocycles. The van der Waals surface area contributed by atoms with Crippen molar-refractivity contribution in [3.8, 4) is 0 Å². The molecule has 79 heavy (non-hydrogen) atoms. The summed E-state index contributed by atoms with van der Waals surface area (Å²) in [6.45, 7) is 25.6. The van der Waals surface area contributed by atoms with Gasteiger partial charge in [0.15, 0.2) is 0 Å². The van der Waals surface area contributed by atoms with Crippen molar-refractivity contribution in [3.05, 3.63) is 23.7 Å². The van der Waals surface area contributed by atoms with Crippen LogP contribution in [-0.4, -0.2) is 129 Å². The molecule has 18 atom stereocenters. The van der Waals surface area contributed by atoms with Gasteiger partial charge in [-0.25, -0.2) is 0 Å². The van der Waals surface area contributed by atoms with Crippen LogP contribution in [0.1, 0.15) is 196 Å². The summed E-state index contributed by atoms with van der Waals surface area (Å²) in [7, 11) is 0. The van der Waals surface area contributed by atoms with Gasteiger partial charge in [-0.2, -0.15) is 0 Å². The first-order chi connectivity index (χ1) is 38.3. The van der Waals surface area contributed by atoms with E-state index in [0.717, 1.165) is 156 Å². The second-order valence-electron chi connectivity index (χ2n) is 27.8. The summed E-state index contributed by atoms with van der Waals surface area (Å²) in [5.41, 5.74) is 36.4. The van der Waals surface area contributed by atoms with Gasteiger partial charge in [0.25, 0.3) is 0 Å². The quantitative estimate of drug-likeness (QED) is 0.0331. The smallest absolute Gasteiger partial charge is 0.0649 e. The highest BCUT2D eigenvalue weighted by Crippen LogP contribution is 2.73. The minimum atomic E-state index is -0.00346. The van der Waals surface area contributed by atoms with Crippen molar-refractivity contribution in [1.29, 1.82) is 0 Å². The number of ether oxygens (including phenoxy) is 7. The lowest BCUT2D eigenvalue weighted by atomic mass is 9.43. The van der Waals surface area contributed by atoms with E-state index in [0.29, 0.717) is 92.7 Å². The third kappa shape index (κ3) is 14.0. The molecule has 0 heterocycles. The maximum absolute atomic E-state index is 7.14. The molecule has 12 N–H and O–H groups in total. The lowest BCUT2D eigenvalue weighted by Crippen LogP contribution is -2.62. The van der Waals surface area contributed by atoms with Crippen LogP contribution in [-0.2, 0) is 33.2 Å². The van der Waals surface area contributed by atoms with Crippen LogP contribution in [0.5, 0.6) is 0 Å². The molecule has 0 spiro atoms. The van der Waals surface area contributed by atoms with E-state index in [4.69, 9.17) is 67.6 Å². The fourth-order valence-electron chi connectivity index (χ4n) is 19.2. The molecular weight excluding hydrogens is 989 g/mol. The summed E-state index contributed by atoms with van der Waals surface area (Å²) in [4.78, 5) is 0. The minimum Gasteiger partial charge on any atom is -0.381 e. The summed E-state index contributed by atoms with van der Waals surface area (Å²) >= 11 is 0. The van der Waals surface area contributed by atoms with Crippen molar-refractivity contribution in [1.82, 2.24) is 0 Å². The molecule has 0 saturated heterocycles. The van der Waals surface area contributed by atoms with Gasteiger partial charge in [0.1, 0.15) is 0 Å². The molecule has 0 bridgehead atoms. The Morgan fingerprint density at radius 3 is 1.68 bits per heavy atom. The molecule has 0 aromatic carbocycles. The Bertz CT molecular complexity index is 1650. The second-order valence-corrected chi connectivity index (χ2v) is 27.8. The predicted molar refractivity (Wildman–Crippen MR) is 319 cm³/mol. The average Bonchev–Trinajstić information content (AvgIpc) is 3.58. The highest BCUT2D eigenvalue weighted by molar-refractivity contribution is 5.37. The Labute approximate surface area is 482 Å². The Hall–Kier alpha value is -0.520. The van der Waals surface area contributed by atoms with Crippen molar-refractivity contribution < 1.29 is 33.2 Å². The molecule has 13 nitrogen and oxygen atoms in total. The number of hydrogen-bond acceptors (Lipinski definition) is 13. The number of rotatable bonds is 34. The average molecular weight is 1110 g/mol. The fourth-order valence-corrected chi connectivity index (χ4v) is 19.2. The summed E-state index contributed by atoms with van der Waals surface area (Å²) in [5, 5.41) is 0. The zero-order valence-electron chi connectivity index (χ0n) is 51.3. The van der Waals surface area contributed by atoms with Crippen LogP contribution in [0.2, 0.25) is 0 Å². The largest absolute Gasteiger partial charge is 0.381 e. The van der Waals surface area contributed by atoms with Gasteiger partial charge in [0, 0.05) is 69.6 Å². The van der Waals surface area contributed by atoms with E-state index in [1.165, 1.54) is 51.4 Å². The van der Waals surface area contributed by atoms with Gasteiger partial charge in [0.2, 0.25) is 0 Å². The van der Waals surface area contributed by atoms with E-state index in [1.54, 1.807) is 23.7 Å². The topological polar surface area (TPSA) is 221 Å². The van der Waals surface area contributed by atoms with E-state index in [1.807, 2.05) is 0 Å². The van der Waals surface area contributed by atoms with Crippen molar-refractivity contribution >= 4 is 0 Å². The van der Waals surface area contributed by atoms with E-state index >= 15 is 0 Å². The van der Waals surface area contributed by atoms with E-state index in [9.17, 15) is 0 Å². The van der Waals surface area contributed by atoms with Crippen LogP contribution in [0.4, 0.5) is 0 Å². The lowest BCUT2D eigenvalue weighted by molar-refractivity contribution is -0.152. The van der Waals surface area contributed by atoms with E-state index in [-0.39, 0.29) is 52.2 Å². The van der Waals surface area contributed by atoms with Gasteiger partial charge >= 0.3 is 0 Å². The molecule has 8 fully saturated rings. The Balaban J connectivity index is 0.874. The summed E-state index contributed by atoms with van der Waals surface area (Å²) in [6.07, 6.45) is 27.1. The summed E-state index contributed by atoms with van der Waals surface area (Å²) in [5.74, 6) is 11.0. The molecule has 0 amide bonds.